The minimum atomic E-state index is -2.50. The number of hydrogen-bond donors (Lipinski definition) is 16. The molecule has 1 aromatic heterocycles. The molecule has 2 aliphatic heterocycles. The van der Waals surface area contributed by atoms with Crippen molar-refractivity contribution in [3.05, 3.63) is 143 Å². The first-order valence-corrected chi connectivity index (χ1v) is 35.7. The summed E-state index contributed by atoms with van der Waals surface area (Å²) in [7, 11) is 1.38. The van der Waals surface area contributed by atoms with Crippen LogP contribution >= 0.6 is 0 Å². The zero-order chi connectivity index (χ0) is 79.2. The van der Waals surface area contributed by atoms with Crippen LogP contribution in [-0.4, -0.2) is 205 Å². The third-order valence-corrected chi connectivity index (χ3v) is 18.5. The molecule has 4 aromatic carbocycles. The average molecular weight is 1500 g/mol. The number of aliphatic carboxylic acids is 1. The highest BCUT2D eigenvalue weighted by atomic mass is 16.5. The third kappa shape index (κ3) is 23.2. The summed E-state index contributed by atoms with van der Waals surface area (Å²) in [5.74, 6) is -16.0. The van der Waals surface area contributed by atoms with Crippen LogP contribution in [0.2, 0.25) is 0 Å². The summed E-state index contributed by atoms with van der Waals surface area (Å²) in [5, 5.41) is 82.1. The zero-order valence-corrected chi connectivity index (χ0v) is 61.6. The number of amides is 11. The molecule has 7 rings (SSSR count). The van der Waals surface area contributed by atoms with Gasteiger partial charge in [0.1, 0.15) is 72.4 Å². The number of H-pyrrole nitrogens is 1. The highest BCUT2D eigenvalue weighted by Crippen LogP contribution is 2.28. The maximum Gasteiger partial charge on any atom is 0.331 e. The highest BCUT2D eigenvalue weighted by Gasteiger charge is 2.44. The smallest absolute Gasteiger partial charge is 0.331 e. The molecule has 0 bridgehead atoms. The number of ether oxygens (including phenoxy) is 2. The number of aliphatic hydroxyl groups excluding tert-OH is 4. The third-order valence-electron chi connectivity index (χ3n) is 18.5. The number of aromatic nitrogens is 1. The molecule has 5 aromatic rings. The molecule has 10 unspecified atom stereocenters. The minimum absolute atomic E-state index is 0.0302. The number of methoxy groups -OCH3 is 1. The van der Waals surface area contributed by atoms with Crippen LogP contribution in [0.3, 0.4) is 0 Å². The largest absolute Gasteiger partial charge is 0.497 e. The van der Waals surface area contributed by atoms with Gasteiger partial charge in [0.25, 0.3) is 5.91 Å². The molecule has 32 nitrogen and oxygen atoms in total. The number of esters is 1. The Kier molecular flexibility index (Phi) is 30.8. The number of cyclic esters (lactones) is 1. The molecular weight excluding hydrogens is 1400 g/mol. The number of nitrogens with one attached hydrogen (secondary N) is 11. The first kappa shape index (κ1) is 84.2. The predicted octanol–water partition coefficient (Wildman–Crippen LogP) is 0.474. The van der Waals surface area contributed by atoms with E-state index in [4.69, 9.17) is 9.47 Å². The van der Waals surface area contributed by atoms with Gasteiger partial charge in [-0.2, -0.15) is 0 Å². The Balaban J connectivity index is 1.28. The van der Waals surface area contributed by atoms with Crippen LogP contribution in [0.15, 0.2) is 109 Å². The predicted molar refractivity (Wildman–Crippen MR) is 391 cm³/mol. The van der Waals surface area contributed by atoms with E-state index in [-0.39, 0.29) is 56.2 Å². The number of benzene rings is 4. The van der Waals surface area contributed by atoms with E-state index < -0.39 is 193 Å². The van der Waals surface area contributed by atoms with Crippen molar-refractivity contribution in [2.24, 2.45) is 11.8 Å². The molecule has 0 radical (unpaired) electrons. The van der Waals surface area contributed by atoms with Crippen LogP contribution in [0.4, 0.5) is 0 Å². The number of carbonyl (C=O) groups is 13. The molecule has 11 amide bonds. The molecule has 32 heteroatoms. The highest BCUT2D eigenvalue weighted by molar-refractivity contribution is 6.00. The Morgan fingerprint density at radius 1 is 0.667 bits per heavy atom. The first-order valence-electron chi connectivity index (χ1n) is 35.7. The van der Waals surface area contributed by atoms with Crippen LogP contribution in [0.1, 0.15) is 133 Å². The maximum atomic E-state index is 15.2. The Labute approximate surface area is 624 Å². The van der Waals surface area contributed by atoms with Gasteiger partial charge >= 0.3 is 11.9 Å². The van der Waals surface area contributed by atoms with Crippen LogP contribution < -0.4 is 57.9 Å². The van der Waals surface area contributed by atoms with Crippen molar-refractivity contribution in [1.29, 1.82) is 0 Å². The fraction of sp³-hybridized carbons (Fsp3) is 0.461. The number of carbonyl (C=O) groups excluding carboxylic acids is 12. The molecule has 2 fully saturated rings. The van der Waals surface area contributed by atoms with Crippen LogP contribution in [0.25, 0.3) is 17.0 Å². The van der Waals surface area contributed by atoms with Crippen molar-refractivity contribution in [1.82, 2.24) is 63.1 Å². The van der Waals surface area contributed by atoms with Gasteiger partial charge in [-0.25, -0.2) is 4.79 Å². The number of nitrogens with zero attached hydrogens (tertiary/aromatic N) is 1. The Morgan fingerprint density at radius 3 is 1.95 bits per heavy atom. The lowest BCUT2D eigenvalue weighted by Gasteiger charge is -2.33. The fourth-order valence-electron chi connectivity index (χ4n) is 12.7. The molecule has 2 saturated heterocycles. The Hall–Kier alpha value is -11.1. The number of carboxylic acids is 1. The number of aliphatic hydroxyl groups is 4. The SMILES string of the molecule is C/C=C\c1ccccc1CCC(=O)N[C@H]1CC(C)OC(=O)C([C@@H](O)C(C)C)NC(=O)[C@H](CC(C)C)NC(=O)C(O)NC(=O)C(Cc2c(C)[nH]c3ccccc23)NC(=O)C(C(O)c2ccc(OC)cc2)NC(=O)C2CCCN2C(=O)C(C(O)c2ccccc2)NC(=O)CNC(=O)C(CC(=O)O)NC(=O)[C@H](C)NC1=O. The first-order chi connectivity index (χ1) is 51.3. The molecule has 3 heterocycles. The summed E-state index contributed by atoms with van der Waals surface area (Å²) in [6.07, 6.45) is -7.90. The van der Waals surface area contributed by atoms with Gasteiger partial charge in [-0.15, -0.1) is 0 Å². The average Bonchev–Trinajstić information content (AvgIpc) is 1.64. The summed E-state index contributed by atoms with van der Waals surface area (Å²) in [5.41, 5.74) is 3.31. The van der Waals surface area contributed by atoms with E-state index in [1.165, 1.54) is 76.4 Å². The zero-order valence-electron chi connectivity index (χ0n) is 61.6. The normalized spacial score (nSPS) is 24.4. The fourth-order valence-corrected chi connectivity index (χ4v) is 12.7. The lowest BCUT2D eigenvalue weighted by atomic mass is 9.97. The second kappa shape index (κ2) is 39.5. The van der Waals surface area contributed by atoms with Gasteiger partial charge in [-0.3, -0.25) is 57.5 Å². The molecule has 108 heavy (non-hydrogen) atoms. The van der Waals surface area contributed by atoms with E-state index >= 15 is 9.59 Å². The maximum absolute atomic E-state index is 15.2. The lowest BCUT2D eigenvalue weighted by Crippen LogP contribution is -2.61. The molecular formula is C76H98N12O20. The summed E-state index contributed by atoms with van der Waals surface area (Å²) in [6, 6.07) is 11.4. The van der Waals surface area contributed by atoms with Crippen LogP contribution in [-0.2, 0) is 79.9 Å². The van der Waals surface area contributed by atoms with Gasteiger partial charge in [0.05, 0.1) is 26.2 Å². The molecule has 0 spiro atoms. The van der Waals surface area contributed by atoms with E-state index in [2.05, 4.69) is 58.2 Å². The van der Waals surface area contributed by atoms with Crippen LogP contribution in [0, 0.1) is 18.8 Å². The summed E-state index contributed by atoms with van der Waals surface area (Å²) < 4.78 is 11.1. The summed E-state index contributed by atoms with van der Waals surface area (Å²) in [6.45, 7) is 11.2. The topological polar surface area (TPSA) is 481 Å². The molecule has 0 aliphatic carbocycles. The number of carboxylic acid groups (broad SMARTS) is 1. The Bertz CT molecular complexity index is 4070. The second-order valence-corrected chi connectivity index (χ2v) is 27.6. The van der Waals surface area contributed by atoms with Crippen molar-refractivity contribution in [2.45, 2.75) is 192 Å². The van der Waals surface area contributed by atoms with Gasteiger partial charge in [0, 0.05) is 42.4 Å². The molecule has 2 aliphatic rings. The number of aromatic amines is 1. The van der Waals surface area contributed by atoms with E-state index in [0.29, 0.717) is 27.9 Å². The van der Waals surface area contributed by atoms with Gasteiger partial charge in [0.15, 0.2) is 6.04 Å². The summed E-state index contributed by atoms with van der Waals surface area (Å²) in [4.78, 5) is 190. The van der Waals surface area contributed by atoms with Crippen molar-refractivity contribution in [3.8, 4) is 5.75 Å². The minimum Gasteiger partial charge on any atom is -0.497 e. The van der Waals surface area contributed by atoms with Crippen molar-refractivity contribution >= 4 is 93.9 Å². The number of allylic oxidation sites excluding steroid dienone is 1. The number of para-hydroxylation sites is 1. The Morgan fingerprint density at radius 2 is 1.29 bits per heavy atom. The van der Waals surface area contributed by atoms with Gasteiger partial charge in [-0.05, 0) is 111 Å². The van der Waals surface area contributed by atoms with Crippen molar-refractivity contribution in [3.63, 3.8) is 0 Å². The quantitative estimate of drug-likeness (QED) is 0.0530. The van der Waals surface area contributed by atoms with Gasteiger partial charge < -0.3 is 98.1 Å². The van der Waals surface area contributed by atoms with E-state index in [1.807, 2.05) is 31.2 Å². The lowest BCUT2D eigenvalue weighted by molar-refractivity contribution is -0.158. The molecule has 582 valence electrons. The number of aryl methyl sites for hydroxylation is 2. The number of hydrogen-bond acceptors (Lipinski definition) is 19. The summed E-state index contributed by atoms with van der Waals surface area (Å²) >= 11 is 0. The van der Waals surface area contributed by atoms with Crippen molar-refractivity contribution < 1.29 is 97.3 Å². The number of rotatable bonds is 18. The monoisotopic (exact) mass is 1500 g/mol. The molecule has 16 N–H and O–H groups in total. The molecule has 0 saturated carbocycles. The van der Waals surface area contributed by atoms with Crippen LogP contribution in [0.5, 0.6) is 5.75 Å². The van der Waals surface area contributed by atoms with Crippen molar-refractivity contribution in [2.75, 3.05) is 20.2 Å². The standard InChI is InChI=1S/C76H98N12O20/c1-10-19-44-20-14-15-21-45(44)29-32-57(89)80-53-35-41(6)108-76(106)62(63(93)40(4)5)86-69(99)52(34-39(2)3)83-73(103)74(104)87-70(100)54(36-50-42(7)78-51-25-17-16-24-49(50)51)82-72(102)60(64(94)47-27-30-48(107-9)31-28-47)85-71(101)56-26-18-33-88(56)75(105)61(65(95)46-22-12-11-13-23-46)84-58(90)38-77-67(97)55(37-59(91)92)81-66(96)43(8)79-68(53)98/h10-17,19-25,27-28,30-31,39-41,43,52-56,60-65,74,78,93-95,104H,18,26,29,32-38H2,1-9H3,(H,77,97)(H,79,98)(H,80,89)(H,81,96)(H,82,102)(H,83,103)(H,84,90)(H,85,101)(H,86,99)(H,87,100)(H,91,92)/b19-10-/t41?,43-,52-,53-,54?,55?,56?,60?,61?,62?,63-,64?,65?,74?/m0/s1. The molecule has 14 atom stereocenters. The number of fused-ring (bicyclic) bond motifs is 2. The van der Waals surface area contributed by atoms with Gasteiger partial charge in [0.2, 0.25) is 65.3 Å². The van der Waals surface area contributed by atoms with E-state index in [1.54, 1.807) is 63.2 Å². The van der Waals surface area contributed by atoms with E-state index in [0.717, 1.165) is 23.0 Å². The van der Waals surface area contributed by atoms with E-state index in [9.17, 15) is 78.3 Å². The second-order valence-electron chi connectivity index (χ2n) is 27.6. The van der Waals surface area contributed by atoms with Gasteiger partial charge in [-0.1, -0.05) is 125 Å².